The van der Waals surface area contributed by atoms with E-state index in [9.17, 15) is 10.2 Å². The van der Waals surface area contributed by atoms with Crippen molar-refractivity contribution in [3.63, 3.8) is 0 Å². The van der Waals surface area contributed by atoms with Crippen molar-refractivity contribution >= 4 is 0 Å². The molecule has 0 amide bonds. The molecule has 24 heavy (non-hydrogen) atoms. The average molecular weight is 332 g/mol. The van der Waals surface area contributed by atoms with Crippen molar-refractivity contribution < 1.29 is 29.2 Å². The lowest BCUT2D eigenvalue weighted by Gasteiger charge is -2.32. The summed E-state index contributed by atoms with van der Waals surface area (Å²) in [5.74, 6) is 2.20. The Morgan fingerprint density at radius 3 is 2.42 bits per heavy atom. The SMILES string of the molecule is COc1cc(OC)c2c(c1)O[C@H](c1ccc(O)c(OC)c1)[C@@H](O)C2. The summed E-state index contributed by atoms with van der Waals surface area (Å²) in [6.07, 6.45) is -0.950. The number of ether oxygens (including phenoxy) is 4. The highest BCUT2D eigenvalue weighted by atomic mass is 16.5. The van der Waals surface area contributed by atoms with Crippen molar-refractivity contribution in [1.29, 1.82) is 0 Å². The molecule has 2 aromatic carbocycles. The van der Waals surface area contributed by atoms with Crippen LogP contribution in [-0.4, -0.2) is 37.6 Å². The fraction of sp³-hybridized carbons (Fsp3) is 0.333. The van der Waals surface area contributed by atoms with E-state index in [4.69, 9.17) is 18.9 Å². The van der Waals surface area contributed by atoms with Gasteiger partial charge in [0.15, 0.2) is 11.5 Å². The van der Waals surface area contributed by atoms with Crippen LogP contribution in [0.15, 0.2) is 30.3 Å². The van der Waals surface area contributed by atoms with Crippen LogP contribution in [0, 0.1) is 0 Å². The first-order valence-corrected chi connectivity index (χ1v) is 7.54. The number of hydrogen-bond acceptors (Lipinski definition) is 6. The number of methoxy groups -OCH3 is 3. The predicted octanol–water partition coefficient (Wildman–Crippen LogP) is 2.46. The van der Waals surface area contributed by atoms with Gasteiger partial charge in [0.1, 0.15) is 23.4 Å². The van der Waals surface area contributed by atoms with Gasteiger partial charge >= 0.3 is 0 Å². The van der Waals surface area contributed by atoms with Crippen LogP contribution in [0.4, 0.5) is 0 Å². The number of aliphatic hydroxyl groups excluding tert-OH is 1. The first-order chi connectivity index (χ1) is 11.6. The van der Waals surface area contributed by atoms with Gasteiger partial charge in [0.2, 0.25) is 0 Å². The van der Waals surface area contributed by atoms with Crippen LogP contribution < -0.4 is 18.9 Å². The molecule has 6 heteroatoms. The Morgan fingerprint density at radius 2 is 1.75 bits per heavy atom. The first kappa shape index (κ1) is 16.3. The highest BCUT2D eigenvalue weighted by Crippen LogP contribution is 2.43. The Hall–Kier alpha value is -2.60. The second-order valence-electron chi connectivity index (χ2n) is 5.55. The van der Waals surface area contributed by atoms with Crippen LogP contribution in [0.3, 0.4) is 0 Å². The third kappa shape index (κ3) is 2.80. The van der Waals surface area contributed by atoms with E-state index in [0.29, 0.717) is 35.0 Å². The molecule has 0 spiro atoms. The molecule has 128 valence electrons. The Morgan fingerprint density at radius 1 is 1.00 bits per heavy atom. The van der Waals surface area contributed by atoms with Crippen molar-refractivity contribution in [3.8, 4) is 28.7 Å². The van der Waals surface area contributed by atoms with E-state index in [0.717, 1.165) is 5.56 Å². The number of phenolic OH excluding ortho intramolecular Hbond substituents is 1. The van der Waals surface area contributed by atoms with Crippen LogP contribution in [0.1, 0.15) is 17.2 Å². The molecule has 0 unspecified atom stereocenters. The van der Waals surface area contributed by atoms with E-state index in [-0.39, 0.29) is 5.75 Å². The van der Waals surface area contributed by atoms with Gasteiger partial charge in [-0.05, 0) is 17.7 Å². The standard InChI is InChI=1S/C18H20O6/c1-21-11-7-15(22-2)12-9-14(20)18(24-16(12)8-11)10-4-5-13(19)17(6-10)23-3/h4-8,14,18-20H,9H2,1-3H3/t14-,18+/m0/s1. The van der Waals surface area contributed by atoms with Gasteiger partial charge in [0.25, 0.3) is 0 Å². The summed E-state index contributed by atoms with van der Waals surface area (Å²) in [5, 5.41) is 20.3. The molecule has 3 rings (SSSR count). The van der Waals surface area contributed by atoms with Crippen molar-refractivity contribution in [2.45, 2.75) is 18.6 Å². The number of benzene rings is 2. The van der Waals surface area contributed by atoms with Gasteiger partial charge in [-0.15, -0.1) is 0 Å². The lowest BCUT2D eigenvalue weighted by molar-refractivity contribution is 0.0196. The first-order valence-electron chi connectivity index (χ1n) is 7.54. The third-order valence-corrected chi connectivity index (χ3v) is 4.15. The van der Waals surface area contributed by atoms with Crippen molar-refractivity contribution in [2.75, 3.05) is 21.3 Å². The van der Waals surface area contributed by atoms with Crippen LogP contribution in [0.2, 0.25) is 0 Å². The number of aliphatic hydroxyl groups is 1. The highest BCUT2D eigenvalue weighted by Gasteiger charge is 2.32. The summed E-state index contributed by atoms with van der Waals surface area (Å²) in [5.41, 5.74) is 1.51. The van der Waals surface area contributed by atoms with Gasteiger partial charge < -0.3 is 29.2 Å². The number of rotatable bonds is 4. The number of aromatic hydroxyl groups is 1. The molecule has 0 saturated heterocycles. The van der Waals surface area contributed by atoms with Gasteiger partial charge in [0.05, 0.1) is 27.4 Å². The summed E-state index contributed by atoms with van der Waals surface area (Å²) >= 11 is 0. The minimum atomic E-state index is -0.756. The molecule has 2 N–H and O–H groups in total. The molecule has 0 radical (unpaired) electrons. The zero-order chi connectivity index (χ0) is 17.3. The molecule has 2 atom stereocenters. The fourth-order valence-corrected chi connectivity index (χ4v) is 2.89. The molecule has 6 nitrogen and oxygen atoms in total. The van der Waals surface area contributed by atoms with Crippen molar-refractivity contribution in [3.05, 3.63) is 41.5 Å². The molecular formula is C18H20O6. The Labute approximate surface area is 140 Å². The third-order valence-electron chi connectivity index (χ3n) is 4.15. The molecule has 1 aliphatic rings. The highest BCUT2D eigenvalue weighted by molar-refractivity contribution is 5.53. The van der Waals surface area contributed by atoms with Gasteiger partial charge in [-0.1, -0.05) is 6.07 Å². The van der Waals surface area contributed by atoms with E-state index in [1.165, 1.54) is 13.2 Å². The van der Waals surface area contributed by atoms with E-state index in [1.807, 2.05) is 0 Å². The molecular weight excluding hydrogens is 312 g/mol. The Bertz CT molecular complexity index is 743. The smallest absolute Gasteiger partial charge is 0.160 e. The summed E-state index contributed by atoms with van der Waals surface area (Å²) in [4.78, 5) is 0. The lowest BCUT2D eigenvalue weighted by atomic mass is 9.94. The summed E-state index contributed by atoms with van der Waals surface area (Å²) < 4.78 is 21.8. The van der Waals surface area contributed by atoms with Gasteiger partial charge in [-0.3, -0.25) is 0 Å². The van der Waals surface area contributed by atoms with Crippen molar-refractivity contribution in [1.82, 2.24) is 0 Å². The van der Waals surface area contributed by atoms with Crippen LogP contribution >= 0.6 is 0 Å². The van der Waals surface area contributed by atoms with E-state index >= 15 is 0 Å². The van der Waals surface area contributed by atoms with E-state index in [2.05, 4.69) is 0 Å². The fourth-order valence-electron chi connectivity index (χ4n) is 2.89. The summed E-state index contributed by atoms with van der Waals surface area (Å²) in [6, 6.07) is 8.42. The van der Waals surface area contributed by atoms with E-state index in [1.54, 1.807) is 38.5 Å². The zero-order valence-corrected chi connectivity index (χ0v) is 13.8. The van der Waals surface area contributed by atoms with E-state index < -0.39 is 12.2 Å². The second-order valence-corrected chi connectivity index (χ2v) is 5.55. The summed E-state index contributed by atoms with van der Waals surface area (Å²) in [7, 11) is 4.61. The molecule has 0 aromatic heterocycles. The quantitative estimate of drug-likeness (QED) is 0.895. The Kier molecular flexibility index (Phi) is 4.40. The number of fused-ring (bicyclic) bond motifs is 1. The minimum absolute atomic E-state index is 0.0373. The van der Waals surface area contributed by atoms with Crippen LogP contribution in [-0.2, 0) is 6.42 Å². The predicted molar refractivity (Wildman–Crippen MR) is 87.3 cm³/mol. The molecule has 1 aliphatic heterocycles. The number of hydrogen-bond donors (Lipinski definition) is 2. The molecule has 0 fully saturated rings. The van der Waals surface area contributed by atoms with Gasteiger partial charge in [0, 0.05) is 24.1 Å². The largest absolute Gasteiger partial charge is 0.504 e. The number of phenols is 1. The lowest BCUT2D eigenvalue weighted by Crippen LogP contribution is -2.30. The topological polar surface area (TPSA) is 77.4 Å². The maximum Gasteiger partial charge on any atom is 0.160 e. The average Bonchev–Trinajstić information content (AvgIpc) is 2.61. The maximum atomic E-state index is 10.5. The van der Waals surface area contributed by atoms with Crippen LogP contribution in [0.25, 0.3) is 0 Å². The molecule has 0 saturated carbocycles. The van der Waals surface area contributed by atoms with Gasteiger partial charge in [-0.2, -0.15) is 0 Å². The molecule has 0 aliphatic carbocycles. The van der Waals surface area contributed by atoms with Crippen LogP contribution in [0.5, 0.6) is 28.7 Å². The molecule has 0 bridgehead atoms. The second kappa shape index (κ2) is 6.49. The Balaban J connectivity index is 2.00. The summed E-state index contributed by atoms with van der Waals surface area (Å²) in [6.45, 7) is 0. The van der Waals surface area contributed by atoms with Gasteiger partial charge in [-0.25, -0.2) is 0 Å². The molecule has 1 heterocycles. The molecule has 2 aromatic rings. The maximum absolute atomic E-state index is 10.5. The minimum Gasteiger partial charge on any atom is -0.504 e. The zero-order valence-electron chi connectivity index (χ0n) is 13.8. The van der Waals surface area contributed by atoms with Crippen molar-refractivity contribution in [2.24, 2.45) is 0 Å². The monoisotopic (exact) mass is 332 g/mol. The normalized spacial score (nSPS) is 19.2.